The molecule has 3 heterocycles. The van der Waals surface area contributed by atoms with Crippen LogP contribution in [0.2, 0.25) is 5.02 Å². The Bertz CT molecular complexity index is 1040. The summed E-state index contributed by atoms with van der Waals surface area (Å²) in [4.78, 5) is 42.3. The van der Waals surface area contributed by atoms with E-state index < -0.39 is 34.2 Å². The number of aromatic nitrogens is 1. The van der Waals surface area contributed by atoms with Crippen LogP contribution in [0.4, 0.5) is 18.0 Å². The maximum Gasteiger partial charge on any atom is 0.417 e. The molecule has 2 aromatic rings. The van der Waals surface area contributed by atoms with E-state index in [0.717, 1.165) is 6.07 Å². The fraction of sp³-hybridized carbons (Fsp3) is 0.333. The quantitative estimate of drug-likeness (QED) is 0.688. The normalized spacial score (nSPS) is 20.9. The second-order valence-corrected chi connectivity index (χ2v) is 8.30. The van der Waals surface area contributed by atoms with Gasteiger partial charge in [-0.2, -0.15) is 13.2 Å². The van der Waals surface area contributed by atoms with Crippen LogP contribution in [-0.2, 0) is 34.4 Å². The molecule has 1 unspecified atom stereocenters. The zero-order chi connectivity index (χ0) is 21.7. The van der Waals surface area contributed by atoms with Crippen LogP contribution in [0, 0.1) is 0 Å². The lowest BCUT2D eigenvalue weighted by Crippen LogP contribution is -2.44. The first kappa shape index (κ1) is 20.6. The summed E-state index contributed by atoms with van der Waals surface area (Å²) < 4.78 is 39.2. The zero-order valence-electron chi connectivity index (χ0n) is 15.2. The van der Waals surface area contributed by atoms with Crippen LogP contribution in [0.15, 0.2) is 23.7 Å². The third-order valence-electron chi connectivity index (χ3n) is 5.12. The summed E-state index contributed by atoms with van der Waals surface area (Å²) in [7, 11) is 0. The molecular weight excluding hydrogens is 445 g/mol. The summed E-state index contributed by atoms with van der Waals surface area (Å²) in [5.74, 6) is -0.956. The number of urea groups is 1. The minimum Gasteiger partial charge on any atom is -0.334 e. The van der Waals surface area contributed by atoms with Gasteiger partial charge in [-0.25, -0.2) is 9.78 Å². The van der Waals surface area contributed by atoms with Crippen molar-refractivity contribution in [1.29, 1.82) is 0 Å². The minimum absolute atomic E-state index is 0.0111. The number of hydrogen-bond donors (Lipinski definition) is 2. The number of alkyl halides is 3. The van der Waals surface area contributed by atoms with E-state index in [-0.39, 0.29) is 31.8 Å². The molecule has 12 heteroatoms. The Morgan fingerprint density at radius 3 is 2.53 bits per heavy atom. The van der Waals surface area contributed by atoms with Gasteiger partial charge in [0.25, 0.3) is 5.91 Å². The molecule has 158 valence electrons. The molecule has 4 amide bonds. The molecule has 4 rings (SSSR count). The number of halogens is 4. The highest BCUT2D eigenvalue weighted by molar-refractivity contribution is 7.09. The molecule has 1 aromatic heterocycles. The second-order valence-electron chi connectivity index (χ2n) is 7.00. The number of fused-ring (bicyclic) bond motifs is 1. The SMILES string of the molecule is O=C1NC(=O)C(CCC(=O)N2Cc3cc(Cl)c(C(F)(F)F)cc3C2)(c2nccs2)N1. The summed E-state index contributed by atoms with van der Waals surface area (Å²) in [6.07, 6.45) is -3.24. The van der Waals surface area contributed by atoms with Crippen LogP contribution in [0.25, 0.3) is 0 Å². The smallest absolute Gasteiger partial charge is 0.334 e. The molecule has 30 heavy (non-hydrogen) atoms. The Labute approximate surface area is 177 Å². The van der Waals surface area contributed by atoms with Crippen LogP contribution in [0.1, 0.15) is 34.5 Å². The zero-order valence-corrected chi connectivity index (χ0v) is 16.7. The van der Waals surface area contributed by atoms with Gasteiger partial charge in [-0.05, 0) is 29.7 Å². The van der Waals surface area contributed by atoms with Gasteiger partial charge in [-0.1, -0.05) is 11.6 Å². The highest BCUT2D eigenvalue weighted by atomic mass is 35.5. The second kappa shape index (κ2) is 7.24. The predicted molar refractivity (Wildman–Crippen MR) is 100 cm³/mol. The van der Waals surface area contributed by atoms with Gasteiger partial charge in [0.1, 0.15) is 5.01 Å². The van der Waals surface area contributed by atoms with E-state index in [1.807, 2.05) is 0 Å². The Kier molecular flexibility index (Phi) is 4.97. The van der Waals surface area contributed by atoms with Gasteiger partial charge in [0.2, 0.25) is 5.91 Å². The molecule has 2 aliphatic rings. The molecule has 0 radical (unpaired) electrons. The summed E-state index contributed by atoms with van der Waals surface area (Å²) in [5, 5.41) is 6.30. The molecule has 2 N–H and O–H groups in total. The van der Waals surface area contributed by atoms with Crippen LogP contribution in [0.3, 0.4) is 0 Å². The molecule has 1 atom stereocenters. The van der Waals surface area contributed by atoms with E-state index in [9.17, 15) is 27.6 Å². The van der Waals surface area contributed by atoms with Gasteiger partial charge >= 0.3 is 12.2 Å². The van der Waals surface area contributed by atoms with Crippen molar-refractivity contribution in [2.24, 2.45) is 0 Å². The standard InChI is InChI=1S/C18H14ClF3N4O3S/c19-12-6-10-8-26(7-9(10)5-11(12)18(20,21)22)13(27)1-2-17(15-23-3-4-30-15)14(28)24-16(29)25-17/h3-6H,1-2,7-8H2,(H2,24,25,28,29). The lowest BCUT2D eigenvalue weighted by molar-refractivity contribution is -0.137. The van der Waals surface area contributed by atoms with E-state index >= 15 is 0 Å². The minimum atomic E-state index is -4.59. The number of thiazole rings is 1. The van der Waals surface area contributed by atoms with Crippen LogP contribution < -0.4 is 10.6 Å². The molecule has 1 aromatic carbocycles. The van der Waals surface area contributed by atoms with Crippen molar-refractivity contribution in [2.45, 2.75) is 37.6 Å². The molecule has 1 saturated heterocycles. The van der Waals surface area contributed by atoms with Crippen molar-refractivity contribution in [1.82, 2.24) is 20.5 Å². The van der Waals surface area contributed by atoms with Crippen molar-refractivity contribution in [3.63, 3.8) is 0 Å². The lowest BCUT2D eigenvalue weighted by Gasteiger charge is -2.24. The topological polar surface area (TPSA) is 91.4 Å². The molecule has 0 spiro atoms. The number of hydrogen-bond acceptors (Lipinski definition) is 5. The van der Waals surface area contributed by atoms with Crippen molar-refractivity contribution in [3.05, 3.63) is 50.4 Å². The summed E-state index contributed by atoms with van der Waals surface area (Å²) in [6.45, 7) is 0.131. The molecule has 0 bridgehead atoms. The number of carbonyl (C=O) groups excluding carboxylic acids is 3. The Morgan fingerprint density at radius 2 is 1.97 bits per heavy atom. The fourth-order valence-corrected chi connectivity index (χ4v) is 4.74. The molecular formula is C18H14ClF3N4O3S. The number of benzene rings is 1. The van der Waals surface area contributed by atoms with Gasteiger partial charge in [-0.3, -0.25) is 14.9 Å². The average Bonchev–Trinajstić information content (AvgIpc) is 3.37. The van der Waals surface area contributed by atoms with Crippen molar-refractivity contribution in [2.75, 3.05) is 0 Å². The number of rotatable bonds is 4. The van der Waals surface area contributed by atoms with Crippen molar-refractivity contribution in [3.8, 4) is 0 Å². The Balaban J connectivity index is 1.49. The number of nitrogens with one attached hydrogen (secondary N) is 2. The number of imide groups is 1. The van der Waals surface area contributed by atoms with E-state index in [1.54, 1.807) is 5.38 Å². The summed E-state index contributed by atoms with van der Waals surface area (Å²) in [6, 6.07) is 1.52. The molecule has 0 saturated carbocycles. The first-order valence-corrected chi connectivity index (χ1v) is 10.1. The van der Waals surface area contributed by atoms with Gasteiger partial charge < -0.3 is 10.2 Å². The van der Waals surface area contributed by atoms with Gasteiger partial charge in [0.15, 0.2) is 5.54 Å². The van der Waals surface area contributed by atoms with Gasteiger partial charge in [0, 0.05) is 31.1 Å². The van der Waals surface area contributed by atoms with Crippen LogP contribution >= 0.6 is 22.9 Å². The summed E-state index contributed by atoms with van der Waals surface area (Å²) >= 11 is 6.93. The van der Waals surface area contributed by atoms with E-state index in [1.165, 1.54) is 28.5 Å². The molecule has 7 nitrogen and oxygen atoms in total. The molecule has 0 aliphatic carbocycles. The maximum absolute atomic E-state index is 13.1. The van der Waals surface area contributed by atoms with Crippen LogP contribution in [-0.4, -0.2) is 27.7 Å². The molecule has 2 aliphatic heterocycles. The lowest BCUT2D eigenvalue weighted by atomic mass is 9.94. The van der Waals surface area contributed by atoms with Gasteiger partial charge in [0.05, 0.1) is 10.6 Å². The van der Waals surface area contributed by atoms with Gasteiger partial charge in [-0.15, -0.1) is 11.3 Å². The number of amides is 4. The fourth-order valence-electron chi connectivity index (χ4n) is 3.63. The monoisotopic (exact) mass is 458 g/mol. The predicted octanol–water partition coefficient (Wildman–Crippen LogP) is 3.17. The van der Waals surface area contributed by atoms with E-state index in [2.05, 4.69) is 15.6 Å². The van der Waals surface area contributed by atoms with E-state index in [0.29, 0.717) is 16.1 Å². The third kappa shape index (κ3) is 3.52. The van der Waals surface area contributed by atoms with Crippen LogP contribution in [0.5, 0.6) is 0 Å². The highest BCUT2D eigenvalue weighted by Crippen LogP contribution is 2.39. The Hall–Kier alpha value is -2.66. The maximum atomic E-state index is 13.1. The first-order chi connectivity index (χ1) is 14.1. The van der Waals surface area contributed by atoms with Crippen molar-refractivity contribution < 1.29 is 27.6 Å². The third-order valence-corrected chi connectivity index (χ3v) is 6.37. The number of nitrogens with zero attached hydrogens (tertiary/aromatic N) is 2. The molecule has 1 fully saturated rings. The van der Waals surface area contributed by atoms with E-state index in [4.69, 9.17) is 11.6 Å². The Morgan fingerprint density at radius 1 is 1.27 bits per heavy atom. The summed E-state index contributed by atoms with van der Waals surface area (Å²) in [5.41, 5.74) is -1.46. The average molecular weight is 459 g/mol. The van der Waals surface area contributed by atoms with Crippen molar-refractivity contribution >= 4 is 40.8 Å². The first-order valence-electron chi connectivity index (χ1n) is 8.80. The largest absolute Gasteiger partial charge is 0.417 e. The number of carbonyl (C=O) groups is 3. The highest BCUT2D eigenvalue weighted by Gasteiger charge is 2.50.